The molecule has 2 N–H and O–H groups in total. The molecule has 1 unspecified atom stereocenters. The van der Waals surface area contributed by atoms with Gasteiger partial charge >= 0.3 is 5.97 Å². The van der Waals surface area contributed by atoms with Crippen LogP contribution in [0.2, 0.25) is 0 Å². The number of nitrogens with zero attached hydrogens (tertiary/aromatic N) is 3. The van der Waals surface area contributed by atoms with E-state index in [1.54, 1.807) is 4.90 Å². The summed E-state index contributed by atoms with van der Waals surface area (Å²) in [5.41, 5.74) is 0. The fraction of sp³-hybridized carbons (Fsp3) is 0.714. The van der Waals surface area contributed by atoms with Crippen LogP contribution >= 0.6 is 0 Å². The van der Waals surface area contributed by atoms with Gasteiger partial charge in [0, 0.05) is 25.9 Å². The molecule has 0 spiro atoms. The Morgan fingerprint density at radius 1 is 1.48 bits per heavy atom. The Labute approximate surface area is 123 Å². The largest absolute Gasteiger partial charge is 0.481 e. The average Bonchev–Trinajstić information content (AvgIpc) is 2.94. The molecule has 7 nitrogen and oxygen atoms in total. The quantitative estimate of drug-likeness (QED) is 0.827. The Morgan fingerprint density at radius 3 is 3.00 bits per heavy atom. The third-order valence-electron chi connectivity index (χ3n) is 3.78. The minimum atomic E-state index is -0.781. The highest BCUT2D eigenvalue weighted by Crippen LogP contribution is 2.22. The first-order chi connectivity index (χ1) is 10.1. The van der Waals surface area contributed by atoms with Crippen LogP contribution in [0.1, 0.15) is 55.5 Å². The second-order valence-electron chi connectivity index (χ2n) is 5.55. The molecule has 0 saturated carbocycles. The van der Waals surface area contributed by atoms with Crippen LogP contribution in [0.3, 0.4) is 0 Å². The summed E-state index contributed by atoms with van der Waals surface area (Å²) in [5, 5.41) is 15.5. The van der Waals surface area contributed by atoms with E-state index in [0.717, 1.165) is 31.5 Å². The smallest absolute Gasteiger partial charge is 0.303 e. The molecule has 116 valence electrons. The van der Waals surface area contributed by atoms with Crippen molar-refractivity contribution in [1.29, 1.82) is 0 Å². The summed E-state index contributed by atoms with van der Waals surface area (Å²) in [7, 11) is 0. The van der Waals surface area contributed by atoms with Crippen LogP contribution in [0.25, 0.3) is 0 Å². The third-order valence-corrected chi connectivity index (χ3v) is 3.78. The number of carbonyl (C=O) groups excluding carboxylic acids is 1. The number of aromatic amines is 1. The standard InChI is InChI=1S/C14H22N4O3/c1-2-4-11-15-13(17-16-11)14(21)18-8-3-5-10(9-18)6-7-12(19)20/h10H,2-9H2,1H3,(H,19,20)(H,15,16,17). The van der Waals surface area contributed by atoms with Gasteiger partial charge in [-0.25, -0.2) is 4.98 Å². The number of carboxylic acid groups (broad SMARTS) is 1. The van der Waals surface area contributed by atoms with Crippen molar-refractivity contribution in [3.05, 3.63) is 11.6 Å². The summed E-state index contributed by atoms with van der Waals surface area (Å²) in [6.07, 6.45) is 4.39. The molecule has 21 heavy (non-hydrogen) atoms. The molecule has 0 radical (unpaired) electrons. The van der Waals surface area contributed by atoms with Gasteiger partial charge in [-0.15, -0.1) is 5.10 Å². The number of likely N-dealkylation sites (tertiary alicyclic amines) is 1. The molecule has 0 aliphatic carbocycles. The predicted molar refractivity (Wildman–Crippen MR) is 75.9 cm³/mol. The van der Waals surface area contributed by atoms with Crippen LogP contribution in [0.5, 0.6) is 0 Å². The number of H-pyrrole nitrogens is 1. The van der Waals surface area contributed by atoms with Gasteiger partial charge in [0.25, 0.3) is 5.91 Å². The second-order valence-corrected chi connectivity index (χ2v) is 5.55. The Balaban J connectivity index is 1.93. The van der Waals surface area contributed by atoms with Crippen LogP contribution in [0.15, 0.2) is 0 Å². The lowest BCUT2D eigenvalue weighted by Gasteiger charge is -2.31. The molecule has 1 aromatic rings. The van der Waals surface area contributed by atoms with Gasteiger partial charge in [0.2, 0.25) is 5.82 Å². The first-order valence-corrected chi connectivity index (χ1v) is 7.52. The average molecular weight is 294 g/mol. The number of aryl methyl sites for hydroxylation is 1. The fourth-order valence-corrected chi connectivity index (χ4v) is 2.69. The Morgan fingerprint density at radius 2 is 2.29 bits per heavy atom. The van der Waals surface area contributed by atoms with E-state index < -0.39 is 5.97 Å². The van der Waals surface area contributed by atoms with Crippen molar-refractivity contribution in [2.75, 3.05) is 13.1 Å². The van der Waals surface area contributed by atoms with E-state index in [0.29, 0.717) is 19.5 Å². The number of aliphatic carboxylic acids is 1. The molecule has 7 heteroatoms. The maximum Gasteiger partial charge on any atom is 0.303 e. The summed E-state index contributed by atoms with van der Waals surface area (Å²) in [6, 6.07) is 0. The normalized spacial score (nSPS) is 18.7. The van der Waals surface area contributed by atoms with E-state index in [1.807, 2.05) is 6.92 Å². The minimum absolute atomic E-state index is 0.159. The molecule has 0 aromatic carbocycles. The lowest BCUT2D eigenvalue weighted by Crippen LogP contribution is -2.40. The number of hydrogen-bond donors (Lipinski definition) is 2. The number of piperidine rings is 1. The van der Waals surface area contributed by atoms with Crippen molar-refractivity contribution in [1.82, 2.24) is 20.1 Å². The zero-order valence-electron chi connectivity index (χ0n) is 12.3. The van der Waals surface area contributed by atoms with Crippen molar-refractivity contribution in [3.8, 4) is 0 Å². The van der Waals surface area contributed by atoms with Crippen LogP contribution in [0.4, 0.5) is 0 Å². The van der Waals surface area contributed by atoms with Crippen molar-refractivity contribution in [3.63, 3.8) is 0 Å². The fourth-order valence-electron chi connectivity index (χ4n) is 2.69. The topological polar surface area (TPSA) is 99.2 Å². The Hall–Kier alpha value is -1.92. The van der Waals surface area contributed by atoms with Gasteiger partial charge in [-0.05, 0) is 31.6 Å². The number of amides is 1. The second kappa shape index (κ2) is 7.19. The van der Waals surface area contributed by atoms with Gasteiger partial charge in [0.15, 0.2) is 0 Å². The lowest BCUT2D eigenvalue weighted by atomic mass is 9.93. The molecule has 2 heterocycles. The minimum Gasteiger partial charge on any atom is -0.481 e. The maximum absolute atomic E-state index is 12.4. The highest BCUT2D eigenvalue weighted by molar-refractivity contribution is 5.90. The summed E-state index contributed by atoms with van der Waals surface area (Å²) >= 11 is 0. The molecule has 1 fully saturated rings. The summed E-state index contributed by atoms with van der Waals surface area (Å²) < 4.78 is 0. The molecule has 1 saturated heterocycles. The monoisotopic (exact) mass is 294 g/mol. The summed E-state index contributed by atoms with van der Waals surface area (Å²) in [4.78, 5) is 29.0. The highest BCUT2D eigenvalue weighted by atomic mass is 16.4. The molecule has 1 aromatic heterocycles. The number of hydrogen-bond acceptors (Lipinski definition) is 4. The number of carboxylic acids is 1. The van der Waals surface area contributed by atoms with Gasteiger partial charge in [0.05, 0.1) is 0 Å². The van der Waals surface area contributed by atoms with Crippen LogP contribution in [-0.2, 0) is 11.2 Å². The van der Waals surface area contributed by atoms with Gasteiger partial charge < -0.3 is 10.0 Å². The van der Waals surface area contributed by atoms with Gasteiger partial charge in [0.1, 0.15) is 5.82 Å². The van der Waals surface area contributed by atoms with Gasteiger partial charge in [-0.2, -0.15) is 0 Å². The zero-order chi connectivity index (χ0) is 15.2. The van der Waals surface area contributed by atoms with Crippen molar-refractivity contribution >= 4 is 11.9 Å². The van der Waals surface area contributed by atoms with Crippen molar-refractivity contribution in [2.45, 2.75) is 45.4 Å². The van der Waals surface area contributed by atoms with E-state index in [4.69, 9.17) is 5.11 Å². The molecule has 2 rings (SSSR count). The van der Waals surface area contributed by atoms with E-state index >= 15 is 0 Å². The first-order valence-electron chi connectivity index (χ1n) is 7.52. The molecular formula is C14H22N4O3. The van der Waals surface area contributed by atoms with Crippen molar-refractivity contribution < 1.29 is 14.7 Å². The number of nitrogens with one attached hydrogen (secondary N) is 1. The molecule has 1 aliphatic rings. The number of aromatic nitrogens is 3. The molecule has 1 atom stereocenters. The SMILES string of the molecule is CCCc1nc(C(=O)N2CCCC(CCC(=O)O)C2)n[nH]1. The molecule has 0 bridgehead atoms. The zero-order valence-corrected chi connectivity index (χ0v) is 12.3. The van der Waals surface area contributed by atoms with Crippen molar-refractivity contribution in [2.24, 2.45) is 5.92 Å². The van der Waals surface area contributed by atoms with Gasteiger partial charge in [-0.3, -0.25) is 14.7 Å². The lowest BCUT2D eigenvalue weighted by molar-refractivity contribution is -0.137. The van der Waals surface area contributed by atoms with E-state index in [1.165, 1.54) is 0 Å². The van der Waals surface area contributed by atoms with Crippen LogP contribution < -0.4 is 0 Å². The van der Waals surface area contributed by atoms with Gasteiger partial charge in [-0.1, -0.05) is 6.92 Å². The Kier molecular flexibility index (Phi) is 5.30. The summed E-state index contributed by atoms with van der Waals surface area (Å²) in [6.45, 7) is 3.34. The predicted octanol–water partition coefficient (Wildman–Crippen LogP) is 1.47. The van der Waals surface area contributed by atoms with E-state index in [9.17, 15) is 9.59 Å². The first kappa shape index (κ1) is 15.5. The van der Waals surface area contributed by atoms with E-state index in [2.05, 4.69) is 15.2 Å². The third kappa shape index (κ3) is 4.27. The summed E-state index contributed by atoms with van der Waals surface area (Å²) in [5.74, 6) is 0.274. The van der Waals surface area contributed by atoms with Crippen LogP contribution in [0, 0.1) is 5.92 Å². The number of carbonyl (C=O) groups is 2. The van der Waals surface area contributed by atoms with E-state index in [-0.39, 0.29) is 24.1 Å². The highest BCUT2D eigenvalue weighted by Gasteiger charge is 2.26. The molecule has 1 aliphatic heterocycles. The number of rotatable bonds is 6. The molecule has 1 amide bonds. The van der Waals surface area contributed by atoms with Crippen LogP contribution in [-0.4, -0.2) is 50.2 Å². The Bertz CT molecular complexity index is 500. The maximum atomic E-state index is 12.4. The molecular weight excluding hydrogens is 272 g/mol.